The fraction of sp³-hybridized carbons (Fsp3) is 0. The summed E-state index contributed by atoms with van der Waals surface area (Å²) in [5, 5.41) is 11.7. The summed E-state index contributed by atoms with van der Waals surface area (Å²) in [6.45, 7) is 0. The molecule has 0 aliphatic rings. The number of halogens is 2. The highest BCUT2D eigenvalue weighted by Crippen LogP contribution is 2.22. The van der Waals surface area contributed by atoms with E-state index in [-0.39, 0.29) is 11.3 Å². The lowest BCUT2D eigenvalue weighted by Crippen LogP contribution is -2.15. The lowest BCUT2D eigenvalue weighted by Gasteiger charge is -2.08. The summed E-state index contributed by atoms with van der Waals surface area (Å²) < 4.78 is 1.24. The molecule has 2 N–H and O–H groups in total. The monoisotopic (exact) mass is 398 g/mol. The van der Waals surface area contributed by atoms with Crippen LogP contribution in [0.5, 0.6) is 0 Å². The van der Waals surface area contributed by atoms with Crippen molar-refractivity contribution in [1.29, 1.82) is 0 Å². The van der Waals surface area contributed by atoms with E-state index in [1.54, 1.807) is 18.2 Å². The molecule has 0 unspecified atom stereocenters. The first kappa shape index (κ1) is 14.7. The van der Waals surface area contributed by atoms with Gasteiger partial charge in [-0.15, -0.1) is 0 Å². The lowest BCUT2D eigenvalue weighted by atomic mass is 10.1. The predicted molar refractivity (Wildman–Crippen MR) is 81.0 cm³/mol. The van der Waals surface area contributed by atoms with Crippen molar-refractivity contribution in [2.45, 2.75) is 0 Å². The first-order chi connectivity index (χ1) is 9.47. The van der Waals surface area contributed by atoms with Crippen molar-refractivity contribution in [2.75, 3.05) is 5.32 Å². The Bertz CT molecular complexity index is 672. The Kier molecular flexibility index (Phi) is 4.51. The summed E-state index contributed by atoms with van der Waals surface area (Å²) in [7, 11) is 0. The van der Waals surface area contributed by atoms with Crippen molar-refractivity contribution in [1.82, 2.24) is 4.98 Å². The molecular formula is C13H8Br2N2O3. The maximum atomic E-state index is 12.0. The molecule has 2 aromatic rings. The number of carbonyl (C=O) groups is 2. The van der Waals surface area contributed by atoms with E-state index in [1.165, 1.54) is 18.3 Å². The van der Waals surface area contributed by atoms with E-state index in [1.807, 2.05) is 0 Å². The van der Waals surface area contributed by atoms with Gasteiger partial charge in [-0.2, -0.15) is 0 Å². The number of aromatic carboxylic acids is 1. The number of anilines is 1. The normalized spacial score (nSPS) is 10.1. The molecule has 0 spiro atoms. The maximum Gasteiger partial charge on any atom is 0.337 e. The second-order valence-electron chi connectivity index (χ2n) is 3.82. The number of nitrogens with one attached hydrogen (secondary N) is 1. The third-order valence-electron chi connectivity index (χ3n) is 2.45. The van der Waals surface area contributed by atoms with E-state index < -0.39 is 11.9 Å². The molecule has 5 nitrogen and oxygen atoms in total. The molecule has 0 radical (unpaired) electrons. The van der Waals surface area contributed by atoms with Crippen LogP contribution >= 0.6 is 31.9 Å². The molecule has 0 fully saturated rings. The molecule has 102 valence electrons. The van der Waals surface area contributed by atoms with Gasteiger partial charge in [0.1, 0.15) is 4.60 Å². The Morgan fingerprint density at radius 2 is 1.90 bits per heavy atom. The van der Waals surface area contributed by atoms with E-state index in [9.17, 15) is 9.59 Å². The number of carbonyl (C=O) groups excluding carboxylic acids is 1. The van der Waals surface area contributed by atoms with Crippen LogP contribution in [0.15, 0.2) is 45.6 Å². The molecule has 0 aliphatic heterocycles. The number of benzene rings is 1. The summed E-state index contributed by atoms with van der Waals surface area (Å²) in [6.07, 6.45) is 1.40. The van der Waals surface area contributed by atoms with Gasteiger partial charge in [-0.25, -0.2) is 9.78 Å². The van der Waals surface area contributed by atoms with Crippen molar-refractivity contribution in [3.63, 3.8) is 0 Å². The highest BCUT2D eigenvalue weighted by Gasteiger charge is 2.14. The average molecular weight is 400 g/mol. The number of carboxylic acids is 1. The summed E-state index contributed by atoms with van der Waals surface area (Å²) >= 11 is 6.37. The molecule has 20 heavy (non-hydrogen) atoms. The second kappa shape index (κ2) is 6.15. The minimum absolute atomic E-state index is 0.0118. The number of rotatable bonds is 3. The van der Waals surface area contributed by atoms with Crippen LogP contribution in [-0.4, -0.2) is 22.0 Å². The minimum atomic E-state index is -1.12. The molecular weight excluding hydrogens is 392 g/mol. The number of pyridine rings is 1. The average Bonchev–Trinajstić information content (AvgIpc) is 2.41. The fourth-order valence-corrected chi connectivity index (χ4v) is 2.10. The SMILES string of the molecule is O=C(Nc1ccc(Br)cc1C(=O)O)c1ccc(Br)nc1. The quantitative estimate of drug-likeness (QED) is 0.773. The van der Waals surface area contributed by atoms with Gasteiger partial charge in [-0.1, -0.05) is 15.9 Å². The topological polar surface area (TPSA) is 79.3 Å². The number of nitrogens with zero attached hydrogens (tertiary/aromatic N) is 1. The molecule has 7 heteroatoms. The van der Waals surface area contributed by atoms with Crippen LogP contribution in [0, 0.1) is 0 Å². The first-order valence-electron chi connectivity index (χ1n) is 5.43. The third kappa shape index (κ3) is 3.43. The van der Waals surface area contributed by atoms with E-state index in [2.05, 4.69) is 42.2 Å². The van der Waals surface area contributed by atoms with E-state index in [4.69, 9.17) is 5.11 Å². The van der Waals surface area contributed by atoms with Crippen LogP contribution in [0.2, 0.25) is 0 Å². The number of aromatic nitrogens is 1. The smallest absolute Gasteiger partial charge is 0.337 e. The zero-order chi connectivity index (χ0) is 14.7. The van der Waals surface area contributed by atoms with Gasteiger partial charge in [0.15, 0.2) is 0 Å². The lowest BCUT2D eigenvalue weighted by molar-refractivity contribution is 0.0698. The number of carboxylic acid groups (broad SMARTS) is 1. The van der Waals surface area contributed by atoms with E-state index in [0.717, 1.165) is 0 Å². The van der Waals surface area contributed by atoms with Crippen molar-refractivity contribution in [2.24, 2.45) is 0 Å². The van der Waals surface area contributed by atoms with E-state index >= 15 is 0 Å². The van der Waals surface area contributed by atoms with Crippen LogP contribution in [-0.2, 0) is 0 Å². The van der Waals surface area contributed by atoms with Crippen LogP contribution in [0.4, 0.5) is 5.69 Å². The Morgan fingerprint density at radius 3 is 2.50 bits per heavy atom. The molecule has 2 rings (SSSR count). The number of amides is 1. The van der Waals surface area contributed by atoms with Gasteiger partial charge in [0.2, 0.25) is 0 Å². The van der Waals surface area contributed by atoms with Gasteiger partial charge >= 0.3 is 5.97 Å². The van der Waals surface area contributed by atoms with Gasteiger partial charge < -0.3 is 10.4 Å². The molecule has 0 saturated heterocycles. The Hall–Kier alpha value is -1.73. The zero-order valence-electron chi connectivity index (χ0n) is 9.93. The standard InChI is InChI=1S/C13H8Br2N2O3/c14-8-2-3-10(9(5-8)13(19)20)17-12(18)7-1-4-11(15)16-6-7/h1-6H,(H,17,18)(H,19,20). The third-order valence-corrected chi connectivity index (χ3v) is 3.41. The Labute approximate surface area is 131 Å². The van der Waals surface area contributed by atoms with Crippen LogP contribution in [0.3, 0.4) is 0 Å². The number of hydrogen-bond donors (Lipinski definition) is 2. The van der Waals surface area contributed by atoms with Crippen molar-refractivity contribution in [3.8, 4) is 0 Å². The van der Waals surface area contributed by atoms with Gasteiger partial charge in [-0.05, 0) is 46.3 Å². The second-order valence-corrected chi connectivity index (χ2v) is 5.55. The first-order valence-corrected chi connectivity index (χ1v) is 7.02. The van der Waals surface area contributed by atoms with Gasteiger partial charge in [0.05, 0.1) is 16.8 Å². The molecule has 1 aromatic carbocycles. The highest BCUT2D eigenvalue weighted by molar-refractivity contribution is 9.10. The minimum Gasteiger partial charge on any atom is -0.478 e. The number of hydrogen-bond acceptors (Lipinski definition) is 3. The van der Waals surface area contributed by atoms with Crippen LogP contribution in [0.1, 0.15) is 20.7 Å². The molecule has 1 aromatic heterocycles. The molecule has 0 bridgehead atoms. The Morgan fingerprint density at radius 1 is 1.15 bits per heavy atom. The predicted octanol–water partition coefficient (Wildman–Crippen LogP) is 3.56. The molecule has 0 saturated carbocycles. The zero-order valence-corrected chi connectivity index (χ0v) is 13.1. The summed E-state index contributed by atoms with van der Waals surface area (Å²) in [5.74, 6) is -1.54. The van der Waals surface area contributed by atoms with Crippen molar-refractivity contribution >= 4 is 49.4 Å². The van der Waals surface area contributed by atoms with E-state index in [0.29, 0.717) is 14.6 Å². The highest BCUT2D eigenvalue weighted by atomic mass is 79.9. The van der Waals surface area contributed by atoms with Crippen molar-refractivity contribution < 1.29 is 14.7 Å². The molecule has 1 heterocycles. The van der Waals surface area contributed by atoms with Crippen LogP contribution < -0.4 is 5.32 Å². The summed E-state index contributed by atoms with van der Waals surface area (Å²) in [5.41, 5.74) is 0.582. The largest absolute Gasteiger partial charge is 0.478 e. The Balaban J connectivity index is 2.28. The fourth-order valence-electron chi connectivity index (χ4n) is 1.51. The van der Waals surface area contributed by atoms with Gasteiger partial charge in [0, 0.05) is 10.7 Å². The summed E-state index contributed by atoms with van der Waals surface area (Å²) in [4.78, 5) is 27.1. The maximum absolute atomic E-state index is 12.0. The molecule has 0 aliphatic carbocycles. The summed E-state index contributed by atoms with van der Waals surface area (Å²) in [6, 6.07) is 7.83. The van der Waals surface area contributed by atoms with Crippen molar-refractivity contribution in [3.05, 3.63) is 56.7 Å². The van der Waals surface area contributed by atoms with Crippen LogP contribution in [0.25, 0.3) is 0 Å². The van der Waals surface area contributed by atoms with Gasteiger partial charge in [-0.3, -0.25) is 4.79 Å². The van der Waals surface area contributed by atoms with Gasteiger partial charge in [0.25, 0.3) is 5.91 Å². The molecule has 1 amide bonds. The molecule has 0 atom stereocenters.